The van der Waals surface area contributed by atoms with Crippen LogP contribution in [0.5, 0.6) is 0 Å². The van der Waals surface area contributed by atoms with Gasteiger partial charge in [-0.1, -0.05) is 68.9 Å². The lowest BCUT2D eigenvalue weighted by Gasteiger charge is -2.17. The van der Waals surface area contributed by atoms with E-state index in [1.165, 1.54) is 58.1 Å². The Bertz CT molecular complexity index is 1210. The topological polar surface area (TPSA) is 99.5 Å². The summed E-state index contributed by atoms with van der Waals surface area (Å²) in [7, 11) is 2.51. The molecule has 1 fully saturated rings. The number of hydrogen-bond acceptors (Lipinski definition) is 6. The highest BCUT2D eigenvalue weighted by Gasteiger charge is 2.23. The molecule has 0 atom stereocenters. The van der Waals surface area contributed by atoms with Gasteiger partial charge in [-0.25, -0.2) is 14.6 Å². The van der Waals surface area contributed by atoms with Gasteiger partial charge in [0.1, 0.15) is 5.69 Å². The Hall–Kier alpha value is -3.94. The fraction of sp³-hybridized carbons (Fsp3) is 0.379. The van der Waals surface area contributed by atoms with E-state index in [9.17, 15) is 14.4 Å². The first-order valence-corrected chi connectivity index (χ1v) is 12.7. The number of nitrogens with zero attached hydrogens (tertiary/aromatic N) is 2. The number of anilines is 1. The molecule has 0 bridgehead atoms. The van der Waals surface area contributed by atoms with Crippen molar-refractivity contribution in [1.82, 2.24) is 9.55 Å². The van der Waals surface area contributed by atoms with Crippen LogP contribution in [0.2, 0.25) is 0 Å². The molecule has 1 aliphatic carbocycles. The van der Waals surface area contributed by atoms with E-state index in [-0.39, 0.29) is 16.8 Å². The predicted molar refractivity (Wildman–Crippen MR) is 140 cm³/mol. The number of carbonyl (C=O) groups excluding carboxylic acids is 3. The number of hydrogen-bond donors (Lipinski definition) is 1. The van der Waals surface area contributed by atoms with E-state index in [2.05, 4.69) is 27.0 Å². The predicted octanol–water partition coefficient (Wildman–Crippen LogP) is 5.27. The summed E-state index contributed by atoms with van der Waals surface area (Å²) in [6.45, 7) is 0.619. The molecule has 8 heteroatoms. The summed E-state index contributed by atoms with van der Waals surface area (Å²) in [6, 6.07) is 14.4. The molecule has 2 aromatic carbocycles. The number of benzene rings is 2. The molecule has 0 aliphatic heterocycles. The van der Waals surface area contributed by atoms with Crippen LogP contribution in [0.4, 0.5) is 5.69 Å². The maximum absolute atomic E-state index is 13.5. The quantitative estimate of drug-likeness (QED) is 0.332. The van der Waals surface area contributed by atoms with Gasteiger partial charge >= 0.3 is 11.9 Å². The Morgan fingerprint density at radius 2 is 1.54 bits per heavy atom. The second-order valence-corrected chi connectivity index (χ2v) is 9.45. The van der Waals surface area contributed by atoms with Crippen molar-refractivity contribution < 1.29 is 23.9 Å². The minimum Gasteiger partial charge on any atom is -0.465 e. The number of imidazole rings is 1. The third-order valence-electron chi connectivity index (χ3n) is 6.85. The summed E-state index contributed by atoms with van der Waals surface area (Å²) in [5, 5.41) is 2.83. The largest absolute Gasteiger partial charge is 0.465 e. The van der Waals surface area contributed by atoms with Gasteiger partial charge in [0, 0.05) is 12.2 Å². The Kier molecular flexibility index (Phi) is 8.72. The summed E-state index contributed by atoms with van der Waals surface area (Å²) in [4.78, 5) is 42.3. The first-order valence-electron chi connectivity index (χ1n) is 12.7. The van der Waals surface area contributed by atoms with Gasteiger partial charge in [0.25, 0.3) is 5.91 Å². The van der Waals surface area contributed by atoms with Crippen LogP contribution in [0.15, 0.2) is 54.9 Å². The van der Waals surface area contributed by atoms with Crippen LogP contribution >= 0.6 is 0 Å². The lowest BCUT2D eigenvalue weighted by molar-refractivity contribution is 0.0599. The highest BCUT2D eigenvalue weighted by molar-refractivity contribution is 6.05. The van der Waals surface area contributed by atoms with Crippen LogP contribution in [0, 0.1) is 5.92 Å². The van der Waals surface area contributed by atoms with Gasteiger partial charge in [-0.05, 0) is 36.1 Å². The number of amides is 1. The van der Waals surface area contributed by atoms with E-state index in [0.717, 1.165) is 30.5 Å². The van der Waals surface area contributed by atoms with Gasteiger partial charge in [0.2, 0.25) is 0 Å². The smallest absolute Gasteiger partial charge is 0.337 e. The SMILES string of the molecule is COC(=O)c1cc(NC(=O)c2ncn(Cc3ccccc3)c2CC2CCCCCC2)cc(C(=O)OC)c1. The van der Waals surface area contributed by atoms with Crippen LogP contribution in [-0.2, 0) is 22.4 Å². The standard InChI is InChI=1S/C29H33N3O5/c1-36-28(34)22-15-23(29(35)37-2)17-24(16-22)31-27(33)26-25(14-20-10-6-3-4-7-11-20)32(19-30-26)18-21-12-8-5-9-13-21/h5,8-9,12-13,15-17,19-20H,3-4,6-7,10-11,14,18H2,1-2H3,(H,31,33). The minimum atomic E-state index is -0.623. The summed E-state index contributed by atoms with van der Waals surface area (Å²) in [5.41, 5.74) is 2.92. The van der Waals surface area contributed by atoms with Gasteiger partial charge < -0.3 is 19.4 Å². The van der Waals surface area contributed by atoms with Crippen molar-refractivity contribution >= 4 is 23.5 Å². The molecule has 4 rings (SSSR count). The highest BCUT2D eigenvalue weighted by Crippen LogP contribution is 2.28. The average Bonchev–Trinajstić information content (AvgIpc) is 3.12. The number of aromatic nitrogens is 2. The molecule has 3 aromatic rings. The first-order chi connectivity index (χ1) is 18.0. The molecule has 37 heavy (non-hydrogen) atoms. The molecule has 1 amide bonds. The first kappa shape index (κ1) is 26.1. The summed E-state index contributed by atoms with van der Waals surface area (Å²) in [6.07, 6.45) is 9.69. The van der Waals surface area contributed by atoms with Gasteiger partial charge in [-0.2, -0.15) is 0 Å². The van der Waals surface area contributed by atoms with Crippen molar-refractivity contribution in [3.05, 3.63) is 82.9 Å². The van der Waals surface area contributed by atoms with Gasteiger partial charge in [0.15, 0.2) is 0 Å². The summed E-state index contributed by atoms with van der Waals surface area (Å²) < 4.78 is 11.7. The van der Waals surface area contributed by atoms with Crippen molar-refractivity contribution in [2.24, 2.45) is 5.92 Å². The molecule has 1 aromatic heterocycles. The minimum absolute atomic E-state index is 0.133. The van der Waals surface area contributed by atoms with Crippen molar-refractivity contribution in [1.29, 1.82) is 0 Å². The average molecular weight is 504 g/mol. The Morgan fingerprint density at radius 1 is 0.919 bits per heavy atom. The lowest BCUT2D eigenvalue weighted by atomic mass is 9.94. The fourth-order valence-corrected chi connectivity index (χ4v) is 4.93. The molecule has 0 saturated heterocycles. The van der Waals surface area contributed by atoms with Gasteiger partial charge in [0.05, 0.1) is 37.4 Å². The van der Waals surface area contributed by atoms with Crippen LogP contribution in [0.25, 0.3) is 0 Å². The Labute approximate surface area is 217 Å². The second-order valence-electron chi connectivity index (χ2n) is 9.45. The van der Waals surface area contributed by atoms with Crippen LogP contribution < -0.4 is 5.32 Å². The number of carbonyl (C=O) groups is 3. The number of methoxy groups -OCH3 is 2. The van der Waals surface area contributed by atoms with Crippen molar-refractivity contribution in [2.75, 3.05) is 19.5 Å². The van der Waals surface area contributed by atoms with E-state index < -0.39 is 17.8 Å². The van der Waals surface area contributed by atoms with E-state index in [1.54, 1.807) is 6.33 Å². The molecular weight excluding hydrogens is 470 g/mol. The molecule has 0 unspecified atom stereocenters. The molecule has 1 saturated carbocycles. The molecule has 0 spiro atoms. The molecule has 1 heterocycles. The van der Waals surface area contributed by atoms with Crippen LogP contribution in [0.3, 0.4) is 0 Å². The third kappa shape index (κ3) is 6.64. The maximum Gasteiger partial charge on any atom is 0.337 e. The second kappa shape index (κ2) is 12.3. The van der Waals surface area contributed by atoms with E-state index >= 15 is 0 Å². The molecule has 0 radical (unpaired) electrons. The van der Waals surface area contributed by atoms with Crippen molar-refractivity contribution in [3.63, 3.8) is 0 Å². The Morgan fingerprint density at radius 3 is 2.14 bits per heavy atom. The van der Waals surface area contributed by atoms with E-state index in [0.29, 0.717) is 18.2 Å². The van der Waals surface area contributed by atoms with Crippen LogP contribution in [-0.4, -0.2) is 41.6 Å². The third-order valence-corrected chi connectivity index (χ3v) is 6.85. The normalized spacial score (nSPS) is 14.0. The highest BCUT2D eigenvalue weighted by atomic mass is 16.5. The number of ether oxygens (including phenoxy) is 2. The van der Waals surface area contributed by atoms with E-state index in [4.69, 9.17) is 9.47 Å². The monoisotopic (exact) mass is 503 g/mol. The zero-order valence-electron chi connectivity index (χ0n) is 21.4. The summed E-state index contributed by atoms with van der Waals surface area (Å²) in [5.74, 6) is -1.15. The Balaban J connectivity index is 1.65. The molecule has 8 nitrogen and oxygen atoms in total. The number of esters is 2. The lowest BCUT2D eigenvalue weighted by Crippen LogP contribution is -2.19. The molecule has 1 N–H and O–H groups in total. The van der Waals surface area contributed by atoms with Crippen LogP contribution in [0.1, 0.15) is 81.0 Å². The molecule has 194 valence electrons. The number of nitrogens with one attached hydrogen (secondary N) is 1. The zero-order chi connectivity index (χ0) is 26.2. The van der Waals surface area contributed by atoms with Crippen molar-refractivity contribution in [2.45, 2.75) is 51.5 Å². The number of rotatable bonds is 8. The van der Waals surface area contributed by atoms with Crippen molar-refractivity contribution in [3.8, 4) is 0 Å². The summed E-state index contributed by atoms with van der Waals surface area (Å²) >= 11 is 0. The van der Waals surface area contributed by atoms with Gasteiger partial charge in [-0.3, -0.25) is 4.79 Å². The molecular formula is C29H33N3O5. The van der Waals surface area contributed by atoms with E-state index in [1.807, 2.05) is 18.2 Å². The fourth-order valence-electron chi connectivity index (χ4n) is 4.93. The molecule has 1 aliphatic rings. The zero-order valence-corrected chi connectivity index (χ0v) is 21.4. The van der Waals surface area contributed by atoms with Gasteiger partial charge in [-0.15, -0.1) is 0 Å². The maximum atomic E-state index is 13.5.